The zero-order chi connectivity index (χ0) is 16.1. The highest BCUT2D eigenvalue weighted by Crippen LogP contribution is 2.10. The van der Waals surface area contributed by atoms with Crippen LogP contribution in [0.4, 0.5) is 0 Å². The molecule has 2 atom stereocenters. The van der Waals surface area contributed by atoms with E-state index >= 15 is 0 Å². The number of carbonyl (C=O) groups excluding carboxylic acids is 2. The first kappa shape index (κ1) is 15.7. The predicted molar refractivity (Wildman–Crippen MR) is 78.5 cm³/mol. The van der Waals surface area contributed by atoms with E-state index in [0.29, 0.717) is 11.3 Å². The summed E-state index contributed by atoms with van der Waals surface area (Å²) in [4.78, 5) is 23.8. The zero-order valence-corrected chi connectivity index (χ0v) is 12.3. The second kappa shape index (κ2) is 6.86. The normalized spacial score (nSPS) is 13.2. The predicted octanol–water partition coefficient (Wildman–Crippen LogP) is 0.524. The van der Waals surface area contributed by atoms with Crippen LogP contribution in [0.15, 0.2) is 42.7 Å². The lowest BCUT2D eigenvalue weighted by atomic mass is 10.1. The summed E-state index contributed by atoms with van der Waals surface area (Å²) in [7, 11) is 1.20. The maximum Gasteiger partial charge on any atom is 0.331 e. The average Bonchev–Trinajstić information content (AvgIpc) is 3.06. The molecular formula is C15H17N3O4. The summed E-state index contributed by atoms with van der Waals surface area (Å²) in [5.41, 5.74) is 1.06. The van der Waals surface area contributed by atoms with Gasteiger partial charge in [0.25, 0.3) is 5.91 Å². The molecule has 0 saturated carbocycles. The first-order valence-corrected chi connectivity index (χ1v) is 6.69. The monoisotopic (exact) mass is 303 g/mol. The topological polar surface area (TPSA) is 93.5 Å². The number of nitrogens with zero attached hydrogens (tertiary/aromatic N) is 2. The van der Waals surface area contributed by atoms with Gasteiger partial charge >= 0.3 is 5.97 Å². The third-order valence-corrected chi connectivity index (χ3v) is 3.10. The summed E-state index contributed by atoms with van der Waals surface area (Å²) in [6.45, 7) is 1.40. The molecule has 0 aliphatic carbocycles. The third-order valence-electron chi connectivity index (χ3n) is 3.10. The Hall–Kier alpha value is -2.67. The van der Waals surface area contributed by atoms with Crippen LogP contribution >= 0.6 is 0 Å². The van der Waals surface area contributed by atoms with E-state index in [2.05, 4.69) is 15.2 Å². The van der Waals surface area contributed by atoms with Crippen LogP contribution in [0.2, 0.25) is 0 Å². The third kappa shape index (κ3) is 3.50. The fourth-order valence-corrected chi connectivity index (χ4v) is 1.94. The van der Waals surface area contributed by atoms with Gasteiger partial charge in [0, 0.05) is 18.0 Å². The number of aliphatic hydroxyl groups excluding tert-OH is 1. The maximum atomic E-state index is 12.2. The standard InChI is InChI=1S/C15H17N3O4/c1-10(19)13(15(21)22-2)17-14(20)11-5-3-6-12(9-11)18-8-4-7-16-18/h3-10,13,19H,1-2H3,(H,17,20)/t10-,13-/m1/s1. The van der Waals surface area contributed by atoms with Crippen LogP contribution in [0.1, 0.15) is 17.3 Å². The van der Waals surface area contributed by atoms with Crippen molar-refractivity contribution in [2.24, 2.45) is 0 Å². The van der Waals surface area contributed by atoms with Crippen LogP contribution in [0.25, 0.3) is 5.69 Å². The number of hydrogen-bond acceptors (Lipinski definition) is 5. The van der Waals surface area contributed by atoms with Crippen LogP contribution in [0.3, 0.4) is 0 Å². The molecule has 0 bridgehead atoms. The quantitative estimate of drug-likeness (QED) is 0.786. The Kier molecular flexibility index (Phi) is 4.90. The SMILES string of the molecule is COC(=O)[C@H](NC(=O)c1cccc(-n2cccn2)c1)[C@@H](C)O. The summed E-state index contributed by atoms with van der Waals surface area (Å²) in [6.07, 6.45) is 2.32. The summed E-state index contributed by atoms with van der Waals surface area (Å²) in [5, 5.41) is 16.1. The first-order valence-electron chi connectivity index (χ1n) is 6.69. The fraction of sp³-hybridized carbons (Fsp3) is 0.267. The molecule has 1 aromatic carbocycles. The van der Waals surface area contributed by atoms with E-state index in [-0.39, 0.29) is 0 Å². The number of nitrogens with one attached hydrogen (secondary N) is 1. The van der Waals surface area contributed by atoms with E-state index in [1.54, 1.807) is 47.4 Å². The van der Waals surface area contributed by atoms with Crippen molar-refractivity contribution in [3.63, 3.8) is 0 Å². The van der Waals surface area contributed by atoms with Crippen molar-refractivity contribution < 1.29 is 19.4 Å². The van der Waals surface area contributed by atoms with E-state index in [4.69, 9.17) is 0 Å². The van der Waals surface area contributed by atoms with Crippen LogP contribution in [0.5, 0.6) is 0 Å². The number of aromatic nitrogens is 2. The van der Waals surface area contributed by atoms with Gasteiger partial charge in [-0.1, -0.05) is 6.07 Å². The smallest absolute Gasteiger partial charge is 0.331 e. The Balaban J connectivity index is 2.19. The Morgan fingerprint density at radius 3 is 2.73 bits per heavy atom. The van der Waals surface area contributed by atoms with Crippen molar-refractivity contribution in [2.75, 3.05) is 7.11 Å². The summed E-state index contributed by atoms with van der Waals surface area (Å²) in [6, 6.07) is 7.41. The minimum Gasteiger partial charge on any atom is -0.467 e. The molecule has 0 saturated heterocycles. The van der Waals surface area contributed by atoms with E-state index in [1.807, 2.05) is 0 Å². The Morgan fingerprint density at radius 1 is 1.36 bits per heavy atom. The Bertz CT molecular complexity index is 653. The number of carbonyl (C=O) groups is 2. The molecule has 7 heteroatoms. The fourth-order valence-electron chi connectivity index (χ4n) is 1.94. The van der Waals surface area contributed by atoms with Crippen LogP contribution in [-0.2, 0) is 9.53 Å². The van der Waals surface area contributed by atoms with Gasteiger partial charge in [-0.15, -0.1) is 0 Å². The largest absolute Gasteiger partial charge is 0.467 e. The number of rotatable bonds is 5. The molecule has 1 amide bonds. The highest BCUT2D eigenvalue weighted by atomic mass is 16.5. The molecule has 0 radical (unpaired) electrons. The molecule has 0 fully saturated rings. The second-order valence-corrected chi connectivity index (χ2v) is 4.72. The number of hydrogen-bond donors (Lipinski definition) is 2. The van der Waals surface area contributed by atoms with Gasteiger partial charge in [-0.2, -0.15) is 5.10 Å². The van der Waals surface area contributed by atoms with E-state index in [9.17, 15) is 14.7 Å². The molecule has 2 N–H and O–H groups in total. The number of esters is 1. The molecule has 1 aromatic heterocycles. The van der Waals surface area contributed by atoms with Gasteiger partial charge in [0.2, 0.25) is 0 Å². The molecule has 2 rings (SSSR count). The maximum absolute atomic E-state index is 12.2. The van der Waals surface area contributed by atoms with Crippen molar-refractivity contribution in [2.45, 2.75) is 19.1 Å². The molecule has 2 aromatic rings. The zero-order valence-electron chi connectivity index (χ0n) is 12.3. The lowest BCUT2D eigenvalue weighted by Crippen LogP contribution is -2.48. The Morgan fingerprint density at radius 2 is 2.14 bits per heavy atom. The lowest BCUT2D eigenvalue weighted by Gasteiger charge is -2.19. The van der Waals surface area contributed by atoms with Crippen molar-refractivity contribution in [3.8, 4) is 5.69 Å². The van der Waals surface area contributed by atoms with Crippen LogP contribution in [-0.4, -0.2) is 46.0 Å². The van der Waals surface area contributed by atoms with Crippen molar-refractivity contribution >= 4 is 11.9 Å². The van der Waals surface area contributed by atoms with Crippen molar-refractivity contribution in [1.29, 1.82) is 0 Å². The van der Waals surface area contributed by atoms with Crippen LogP contribution in [0, 0.1) is 0 Å². The summed E-state index contributed by atoms with van der Waals surface area (Å²) >= 11 is 0. The number of ether oxygens (including phenoxy) is 1. The minimum absolute atomic E-state index is 0.350. The van der Waals surface area contributed by atoms with E-state index in [1.165, 1.54) is 14.0 Å². The van der Waals surface area contributed by atoms with Gasteiger partial charge < -0.3 is 15.2 Å². The van der Waals surface area contributed by atoms with Gasteiger partial charge in [-0.25, -0.2) is 9.48 Å². The summed E-state index contributed by atoms with van der Waals surface area (Å²) < 4.78 is 6.18. The molecule has 7 nitrogen and oxygen atoms in total. The van der Waals surface area contributed by atoms with Gasteiger partial charge in [0.05, 0.1) is 18.9 Å². The van der Waals surface area contributed by atoms with Gasteiger partial charge in [0.1, 0.15) is 0 Å². The number of benzene rings is 1. The molecule has 116 valence electrons. The van der Waals surface area contributed by atoms with Gasteiger partial charge in [-0.3, -0.25) is 4.79 Å². The first-order chi connectivity index (χ1) is 10.5. The number of amides is 1. The van der Waals surface area contributed by atoms with Gasteiger partial charge in [0.15, 0.2) is 6.04 Å². The molecule has 1 heterocycles. The highest BCUT2D eigenvalue weighted by Gasteiger charge is 2.26. The molecule has 0 spiro atoms. The average molecular weight is 303 g/mol. The van der Waals surface area contributed by atoms with E-state index < -0.39 is 24.0 Å². The van der Waals surface area contributed by atoms with E-state index in [0.717, 1.165) is 0 Å². The molecule has 0 aliphatic heterocycles. The lowest BCUT2D eigenvalue weighted by molar-refractivity contribution is -0.145. The molecule has 0 unspecified atom stereocenters. The van der Waals surface area contributed by atoms with Crippen molar-refractivity contribution in [1.82, 2.24) is 15.1 Å². The van der Waals surface area contributed by atoms with Crippen LogP contribution < -0.4 is 5.32 Å². The molecular weight excluding hydrogens is 286 g/mol. The molecule has 0 aliphatic rings. The highest BCUT2D eigenvalue weighted by molar-refractivity contribution is 5.97. The number of aliphatic hydroxyl groups is 1. The summed E-state index contributed by atoms with van der Waals surface area (Å²) in [5.74, 6) is -1.18. The van der Waals surface area contributed by atoms with Crippen molar-refractivity contribution in [3.05, 3.63) is 48.3 Å². The minimum atomic E-state index is -1.12. The Labute approximate surface area is 127 Å². The number of methoxy groups -OCH3 is 1. The molecule has 22 heavy (non-hydrogen) atoms. The van der Waals surface area contributed by atoms with Gasteiger partial charge in [-0.05, 0) is 31.2 Å². The second-order valence-electron chi connectivity index (χ2n) is 4.72.